The van der Waals surface area contributed by atoms with Crippen LogP contribution in [0.2, 0.25) is 0 Å². The van der Waals surface area contributed by atoms with Crippen molar-refractivity contribution in [2.75, 3.05) is 11.5 Å². The number of rotatable bonds is 5. The molecule has 0 bridgehead atoms. The Hall–Kier alpha value is -2.20. The fraction of sp³-hybridized carbons (Fsp3) is 0.294. The second kappa shape index (κ2) is 6.50. The Morgan fingerprint density at radius 3 is 2.33 bits per heavy atom. The molecule has 0 aliphatic carbocycles. The van der Waals surface area contributed by atoms with E-state index in [-0.39, 0.29) is 18.4 Å². The molecule has 110 valence electrons. The van der Waals surface area contributed by atoms with Crippen molar-refractivity contribution in [2.24, 2.45) is 0 Å². The highest BCUT2D eigenvalue weighted by Crippen LogP contribution is 2.29. The number of hydrogen-bond donors (Lipinski definition) is 1. The lowest BCUT2D eigenvalue weighted by molar-refractivity contribution is -0.120. The van der Waals surface area contributed by atoms with Crippen LogP contribution < -0.4 is 4.90 Å². The minimum atomic E-state index is -0.273. The van der Waals surface area contributed by atoms with E-state index in [0.29, 0.717) is 29.7 Å². The van der Waals surface area contributed by atoms with Crippen molar-refractivity contribution < 1.29 is 14.7 Å². The summed E-state index contributed by atoms with van der Waals surface area (Å²) in [5, 5.41) is 8.91. The van der Waals surface area contributed by atoms with Crippen molar-refractivity contribution in [1.82, 2.24) is 0 Å². The molecule has 0 unspecified atom stereocenters. The van der Waals surface area contributed by atoms with E-state index in [1.807, 2.05) is 26.0 Å². The quantitative estimate of drug-likeness (QED) is 0.845. The Labute approximate surface area is 124 Å². The van der Waals surface area contributed by atoms with Gasteiger partial charge in [0.2, 0.25) is 0 Å². The Bertz CT molecular complexity index is 611. The molecular weight excluding hydrogens is 266 g/mol. The van der Waals surface area contributed by atoms with Gasteiger partial charge in [-0.25, -0.2) is 4.90 Å². The topological polar surface area (TPSA) is 57.6 Å². The Balaban J connectivity index is 2.34. The fourth-order valence-electron chi connectivity index (χ4n) is 2.45. The average Bonchev–Trinajstić information content (AvgIpc) is 2.72. The summed E-state index contributed by atoms with van der Waals surface area (Å²) in [6.45, 7) is 3.77. The van der Waals surface area contributed by atoms with Gasteiger partial charge in [0, 0.05) is 17.8 Å². The van der Waals surface area contributed by atoms with Crippen LogP contribution in [0, 0.1) is 0 Å². The summed E-state index contributed by atoms with van der Waals surface area (Å²) < 4.78 is 0. The van der Waals surface area contributed by atoms with Crippen LogP contribution in [-0.2, 0) is 16.0 Å². The van der Waals surface area contributed by atoms with Gasteiger partial charge in [0.15, 0.2) is 0 Å². The van der Waals surface area contributed by atoms with Gasteiger partial charge < -0.3 is 5.11 Å². The van der Waals surface area contributed by atoms with Crippen molar-refractivity contribution >= 4 is 17.5 Å². The molecule has 0 fully saturated rings. The molecule has 2 amide bonds. The lowest BCUT2D eigenvalue weighted by Gasteiger charge is -2.15. The fourth-order valence-corrected chi connectivity index (χ4v) is 2.45. The number of allylic oxidation sites excluding steroid dienone is 1. The first kappa shape index (κ1) is 15.2. The zero-order chi connectivity index (χ0) is 15.4. The monoisotopic (exact) mass is 285 g/mol. The molecule has 0 saturated heterocycles. The third-order valence-corrected chi connectivity index (χ3v) is 3.50. The van der Waals surface area contributed by atoms with E-state index in [1.54, 1.807) is 24.3 Å². The predicted octanol–water partition coefficient (Wildman–Crippen LogP) is 2.38. The van der Waals surface area contributed by atoms with Crippen LogP contribution in [0.3, 0.4) is 0 Å². The Morgan fingerprint density at radius 1 is 1.14 bits per heavy atom. The number of nitrogens with zero attached hydrogens (tertiary/aromatic N) is 1. The van der Waals surface area contributed by atoms with Crippen LogP contribution in [0.1, 0.15) is 25.8 Å². The molecule has 2 rings (SSSR count). The van der Waals surface area contributed by atoms with E-state index in [9.17, 15) is 9.59 Å². The standard InChI is InChI=1S/C17H19NO3/c1-3-5-15-14(4-2)16(20)18(17(15)21)13-8-6-12(7-9-13)10-11-19/h3,5-9,19H,4,10-11H2,1-2H3/b5-3-. The second-order valence-electron chi connectivity index (χ2n) is 4.83. The number of benzene rings is 1. The third-order valence-electron chi connectivity index (χ3n) is 3.50. The highest BCUT2D eigenvalue weighted by Gasteiger charge is 2.36. The van der Waals surface area contributed by atoms with Crippen LogP contribution in [-0.4, -0.2) is 23.5 Å². The van der Waals surface area contributed by atoms with E-state index in [1.165, 1.54) is 4.90 Å². The summed E-state index contributed by atoms with van der Waals surface area (Å²) in [6.07, 6.45) is 4.55. The van der Waals surface area contributed by atoms with Gasteiger partial charge in [-0.3, -0.25) is 9.59 Å². The Morgan fingerprint density at radius 2 is 1.81 bits per heavy atom. The van der Waals surface area contributed by atoms with Crippen LogP contribution in [0.25, 0.3) is 0 Å². The molecule has 0 spiro atoms. The minimum absolute atomic E-state index is 0.0773. The van der Waals surface area contributed by atoms with Crippen LogP contribution >= 0.6 is 0 Å². The SMILES string of the molecule is C/C=C\C1=C(CC)C(=O)N(c2ccc(CCO)cc2)C1=O. The molecular formula is C17H19NO3. The van der Waals surface area contributed by atoms with Crippen LogP contribution in [0.15, 0.2) is 47.6 Å². The molecule has 4 heteroatoms. The number of hydrogen-bond acceptors (Lipinski definition) is 3. The molecule has 4 nitrogen and oxygen atoms in total. The van der Waals surface area contributed by atoms with Crippen molar-refractivity contribution in [3.8, 4) is 0 Å². The van der Waals surface area contributed by atoms with Gasteiger partial charge in [-0.2, -0.15) is 0 Å². The number of aliphatic hydroxyl groups is 1. The summed E-state index contributed by atoms with van der Waals surface area (Å²) >= 11 is 0. The first-order valence-corrected chi connectivity index (χ1v) is 7.08. The third kappa shape index (κ3) is 2.81. The molecule has 0 aromatic heterocycles. The zero-order valence-electron chi connectivity index (χ0n) is 12.3. The Kier molecular flexibility index (Phi) is 4.70. The number of carbonyl (C=O) groups is 2. The summed E-state index contributed by atoms with van der Waals surface area (Å²) in [5.74, 6) is -0.518. The summed E-state index contributed by atoms with van der Waals surface area (Å²) in [4.78, 5) is 26.1. The number of imide groups is 1. The predicted molar refractivity (Wildman–Crippen MR) is 81.9 cm³/mol. The molecule has 1 aromatic rings. The van der Waals surface area contributed by atoms with Gasteiger partial charge in [0.1, 0.15) is 0 Å². The molecule has 1 heterocycles. The molecule has 0 saturated carbocycles. The van der Waals surface area contributed by atoms with Crippen molar-refractivity contribution in [2.45, 2.75) is 26.7 Å². The van der Waals surface area contributed by atoms with Gasteiger partial charge in [-0.05, 0) is 37.5 Å². The smallest absolute Gasteiger partial charge is 0.265 e. The van der Waals surface area contributed by atoms with Gasteiger partial charge in [0.05, 0.1) is 5.69 Å². The van der Waals surface area contributed by atoms with Crippen molar-refractivity contribution in [1.29, 1.82) is 0 Å². The van der Waals surface area contributed by atoms with E-state index in [4.69, 9.17) is 5.11 Å². The van der Waals surface area contributed by atoms with Crippen molar-refractivity contribution in [3.05, 3.63) is 53.1 Å². The maximum absolute atomic E-state index is 12.4. The molecule has 0 radical (unpaired) electrons. The lowest BCUT2D eigenvalue weighted by atomic mass is 10.1. The highest BCUT2D eigenvalue weighted by atomic mass is 16.3. The maximum Gasteiger partial charge on any atom is 0.265 e. The van der Waals surface area contributed by atoms with E-state index >= 15 is 0 Å². The zero-order valence-corrected chi connectivity index (χ0v) is 12.3. The van der Waals surface area contributed by atoms with Crippen molar-refractivity contribution in [3.63, 3.8) is 0 Å². The van der Waals surface area contributed by atoms with Crippen LogP contribution in [0.5, 0.6) is 0 Å². The largest absolute Gasteiger partial charge is 0.396 e. The lowest BCUT2D eigenvalue weighted by Crippen LogP contribution is -2.31. The molecule has 1 N–H and O–H groups in total. The van der Waals surface area contributed by atoms with E-state index in [2.05, 4.69) is 0 Å². The van der Waals surface area contributed by atoms with E-state index in [0.717, 1.165) is 5.56 Å². The first-order valence-electron chi connectivity index (χ1n) is 7.08. The molecule has 1 aromatic carbocycles. The molecule has 0 atom stereocenters. The first-order chi connectivity index (χ1) is 10.1. The normalized spacial score (nSPS) is 15.7. The number of aliphatic hydroxyl groups excluding tert-OH is 1. The molecule has 1 aliphatic rings. The minimum Gasteiger partial charge on any atom is -0.396 e. The van der Waals surface area contributed by atoms with Gasteiger partial charge in [-0.1, -0.05) is 31.2 Å². The summed E-state index contributed by atoms with van der Waals surface area (Å²) in [7, 11) is 0. The van der Waals surface area contributed by atoms with E-state index < -0.39 is 0 Å². The number of carbonyl (C=O) groups excluding carboxylic acids is 2. The summed E-state index contributed by atoms with van der Waals surface area (Å²) in [6, 6.07) is 7.14. The average molecular weight is 285 g/mol. The molecule has 1 aliphatic heterocycles. The number of amides is 2. The maximum atomic E-state index is 12.4. The number of anilines is 1. The van der Waals surface area contributed by atoms with Gasteiger partial charge in [0.25, 0.3) is 11.8 Å². The van der Waals surface area contributed by atoms with Crippen LogP contribution in [0.4, 0.5) is 5.69 Å². The van der Waals surface area contributed by atoms with Gasteiger partial charge >= 0.3 is 0 Å². The summed E-state index contributed by atoms with van der Waals surface area (Å²) in [5.41, 5.74) is 2.57. The molecule has 21 heavy (non-hydrogen) atoms. The van der Waals surface area contributed by atoms with Gasteiger partial charge in [-0.15, -0.1) is 0 Å². The highest BCUT2D eigenvalue weighted by molar-refractivity contribution is 6.33. The second-order valence-corrected chi connectivity index (χ2v) is 4.83.